The van der Waals surface area contributed by atoms with Crippen molar-refractivity contribution in [3.63, 3.8) is 0 Å². The molecular weight excluding hydrogens is 394 g/mol. The minimum atomic E-state index is 0.0697. The van der Waals surface area contributed by atoms with Gasteiger partial charge in [0.25, 0.3) is 0 Å². The van der Waals surface area contributed by atoms with Gasteiger partial charge in [-0.2, -0.15) is 5.10 Å². The number of fused-ring (bicyclic) bond motifs is 2. The second kappa shape index (κ2) is 6.95. The lowest BCUT2D eigenvalue weighted by Gasteiger charge is -2.56. The van der Waals surface area contributed by atoms with Gasteiger partial charge in [-0.15, -0.1) is 0 Å². The Kier molecular flexibility index (Phi) is 4.21. The van der Waals surface area contributed by atoms with E-state index in [9.17, 15) is 4.79 Å². The Bertz CT molecular complexity index is 997. The van der Waals surface area contributed by atoms with Gasteiger partial charge in [-0.3, -0.25) is 4.79 Å². The van der Waals surface area contributed by atoms with Crippen LogP contribution < -0.4 is 5.32 Å². The molecule has 6 aliphatic rings. The van der Waals surface area contributed by atoms with Crippen LogP contribution in [0.3, 0.4) is 0 Å². The standard InChI is InChI=1S/C28H35N3O/c32-25(17-27-13-19-10-20(14-27)12-21(11-19)15-27)23-18-29-31-26(23)30-24(22-6-2-1-3-7-22)16-28(31)8-4-5-9-28/h1-3,6-7,18-21,24,30H,4-5,8-17H2. The summed E-state index contributed by atoms with van der Waals surface area (Å²) in [6.45, 7) is 0. The van der Waals surface area contributed by atoms with E-state index < -0.39 is 0 Å². The maximum Gasteiger partial charge on any atom is 0.168 e. The Morgan fingerprint density at radius 2 is 1.62 bits per heavy atom. The molecule has 1 spiro atoms. The molecular formula is C28H35N3O. The summed E-state index contributed by atoms with van der Waals surface area (Å²) in [5.41, 5.74) is 2.53. The third-order valence-electron chi connectivity index (χ3n) is 9.85. The van der Waals surface area contributed by atoms with Crippen LogP contribution in [0.4, 0.5) is 5.82 Å². The number of anilines is 1. The molecule has 32 heavy (non-hydrogen) atoms. The van der Waals surface area contributed by atoms with Crippen molar-refractivity contribution in [2.24, 2.45) is 23.2 Å². The van der Waals surface area contributed by atoms with Crippen molar-refractivity contribution in [2.75, 3.05) is 5.32 Å². The molecule has 1 aromatic heterocycles. The largest absolute Gasteiger partial charge is 0.363 e. The molecule has 5 fully saturated rings. The summed E-state index contributed by atoms with van der Waals surface area (Å²) in [6, 6.07) is 11.0. The average molecular weight is 430 g/mol. The predicted molar refractivity (Wildman–Crippen MR) is 126 cm³/mol. The SMILES string of the molecule is O=C(CC12CC3CC(CC(C3)C1)C2)c1cnn2c1NC(c1ccccc1)CC21CCCC1. The van der Waals surface area contributed by atoms with Crippen LogP contribution in [0.2, 0.25) is 0 Å². The van der Waals surface area contributed by atoms with Gasteiger partial charge in [-0.05, 0) is 86.5 Å². The summed E-state index contributed by atoms with van der Waals surface area (Å²) >= 11 is 0. The Morgan fingerprint density at radius 1 is 0.969 bits per heavy atom. The van der Waals surface area contributed by atoms with Crippen molar-refractivity contribution < 1.29 is 4.79 Å². The maximum atomic E-state index is 13.8. The predicted octanol–water partition coefficient (Wildman–Crippen LogP) is 6.50. The van der Waals surface area contributed by atoms with E-state index in [-0.39, 0.29) is 17.0 Å². The van der Waals surface area contributed by atoms with Crippen LogP contribution in [-0.2, 0) is 5.54 Å². The Labute approximate surface area is 191 Å². The van der Waals surface area contributed by atoms with Crippen LogP contribution >= 0.6 is 0 Å². The van der Waals surface area contributed by atoms with Gasteiger partial charge < -0.3 is 5.32 Å². The second-order valence-electron chi connectivity index (χ2n) is 12.1. The fourth-order valence-electron chi connectivity index (χ4n) is 9.01. The third kappa shape index (κ3) is 2.94. The van der Waals surface area contributed by atoms with Gasteiger partial charge in [0.1, 0.15) is 5.82 Å². The molecule has 4 bridgehead atoms. The molecule has 5 aliphatic carbocycles. The van der Waals surface area contributed by atoms with E-state index in [1.165, 1.54) is 69.8 Å². The molecule has 0 radical (unpaired) electrons. The Hall–Kier alpha value is -2.10. The highest BCUT2D eigenvalue weighted by atomic mass is 16.1. The minimum Gasteiger partial charge on any atom is -0.363 e. The van der Waals surface area contributed by atoms with Crippen molar-refractivity contribution in [1.82, 2.24) is 9.78 Å². The van der Waals surface area contributed by atoms with Crippen LogP contribution in [-0.4, -0.2) is 15.6 Å². The van der Waals surface area contributed by atoms with Crippen molar-refractivity contribution in [3.8, 4) is 0 Å². The highest BCUT2D eigenvalue weighted by Crippen LogP contribution is 2.61. The molecule has 2 heterocycles. The lowest BCUT2D eigenvalue weighted by atomic mass is 9.48. The summed E-state index contributed by atoms with van der Waals surface area (Å²) in [7, 11) is 0. The smallest absolute Gasteiger partial charge is 0.168 e. The summed E-state index contributed by atoms with van der Waals surface area (Å²) in [5.74, 6) is 4.00. The number of hydrogen-bond acceptors (Lipinski definition) is 3. The van der Waals surface area contributed by atoms with Crippen LogP contribution in [0.15, 0.2) is 36.5 Å². The fraction of sp³-hybridized carbons (Fsp3) is 0.643. The molecule has 8 rings (SSSR count). The monoisotopic (exact) mass is 429 g/mol. The second-order valence-corrected chi connectivity index (χ2v) is 12.1. The molecule has 0 saturated heterocycles. The van der Waals surface area contributed by atoms with Gasteiger partial charge >= 0.3 is 0 Å². The van der Waals surface area contributed by atoms with Gasteiger partial charge in [0.2, 0.25) is 0 Å². The van der Waals surface area contributed by atoms with Crippen LogP contribution in [0, 0.1) is 23.2 Å². The van der Waals surface area contributed by atoms with Crippen LogP contribution in [0.5, 0.6) is 0 Å². The van der Waals surface area contributed by atoms with E-state index >= 15 is 0 Å². The molecule has 0 amide bonds. The number of nitrogens with one attached hydrogen (secondary N) is 1. The number of ketones is 1. The molecule has 1 atom stereocenters. The fourth-order valence-corrected chi connectivity index (χ4v) is 9.01. The number of aromatic nitrogens is 2. The maximum absolute atomic E-state index is 13.8. The highest BCUT2D eigenvalue weighted by Gasteiger charge is 2.52. The van der Waals surface area contributed by atoms with Crippen molar-refractivity contribution in [2.45, 2.75) is 88.6 Å². The first-order chi connectivity index (χ1) is 15.6. The Balaban J connectivity index is 1.22. The van der Waals surface area contributed by atoms with Gasteiger partial charge in [0, 0.05) is 6.42 Å². The quantitative estimate of drug-likeness (QED) is 0.564. The van der Waals surface area contributed by atoms with Crippen molar-refractivity contribution in [3.05, 3.63) is 47.7 Å². The van der Waals surface area contributed by atoms with E-state index in [0.717, 1.165) is 42.0 Å². The number of hydrogen-bond donors (Lipinski definition) is 1. The molecule has 4 nitrogen and oxygen atoms in total. The van der Waals surface area contributed by atoms with Crippen molar-refractivity contribution in [1.29, 1.82) is 0 Å². The highest BCUT2D eigenvalue weighted by molar-refractivity contribution is 6.01. The molecule has 5 saturated carbocycles. The van der Waals surface area contributed by atoms with Gasteiger partial charge in [0.05, 0.1) is 23.3 Å². The lowest BCUT2D eigenvalue weighted by molar-refractivity contribution is -0.0524. The van der Waals surface area contributed by atoms with Crippen LogP contribution in [0.1, 0.15) is 99.0 Å². The zero-order valence-corrected chi connectivity index (χ0v) is 19.1. The summed E-state index contributed by atoms with van der Waals surface area (Å²) in [5, 5.41) is 8.65. The minimum absolute atomic E-state index is 0.0697. The number of nitrogens with zero attached hydrogens (tertiary/aromatic N) is 2. The van der Waals surface area contributed by atoms with E-state index in [1.807, 2.05) is 6.20 Å². The molecule has 1 aliphatic heterocycles. The number of Topliss-reactive ketones (excluding diaryl/α,β-unsaturated/α-hetero) is 1. The topological polar surface area (TPSA) is 46.9 Å². The van der Waals surface area contributed by atoms with E-state index in [0.29, 0.717) is 5.78 Å². The number of carbonyl (C=O) groups excluding carboxylic acids is 1. The molecule has 1 N–H and O–H groups in total. The first-order valence-corrected chi connectivity index (χ1v) is 13.0. The molecule has 168 valence electrons. The Morgan fingerprint density at radius 3 is 2.28 bits per heavy atom. The summed E-state index contributed by atoms with van der Waals surface area (Å²) in [4.78, 5) is 13.8. The lowest BCUT2D eigenvalue weighted by Crippen LogP contribution is -2.47. The molecule has 2 aromatic rings. The molecule has 1 aromatic carbocycles. The average Bonchev–Trinajstić information content (AvgIpc) is 3.41. The van der Waals surface area contributed by atoms with E-state index in [4.69, 9.17) is 5.10 Å². The zero-order valence-electron chi connectivity index (χ0n) is 19.1. The summed E-state index contributed by atoms with van der Waals surface area (Å²) in [6.07, 6.45) is 16.7. The van der Waals surface area contributed by atoms with Gasteiger partial charge in [0.15, 0.2) is 5.78 Å². The van der Waals surface area contributed by atoms with E-state index in [1.54, 1.807) is 0 Å². The number of benzene rings is 1. The van der Waals surface area contributed by atoms with Gasteiger partial charge in [-0.25, -0.2) is 4.68 Å². The number of carbonyl (C=O) groups is 1. The van der Waals surface area contributed by atoms with Crippen molar-refractivity contribution >= 4 is 11.6 Å². The summed E-state index contributed by atoms with van der Waals surface area (Å²) < 4.78 is 2.23. The number of rotatable bonds is 4. The zero-order chi connectivity index (χ0) is 21.3. The molecule has 1 unspecified atom stereocenters. The normalized spacial score (nSPS) is 36.2. The van der Waals surface area contributed by atoms with Gasteiger partial charge in [-0.1, -0.05) is 43.2 Å². The van der Waals surface area contributed by atoms with Crippen LogP contribution in [0.25, 0.3) is 0 Å². The first kappa shape index (κ1) is 19.4. The third-order valence-corrected chi connectivity index (χ3v) is 9.85. The first-order valence-electron chi connectivity index (χ1n) is 13.0. The van der Waals surface area contributed by atoms with E-state index in [2.05, 4.69) is 40.3 Å². The molecule has 4 heteroatoms.